The number of benzene rings is 2. The molecule has 5 nitrogen and oxygen atoms in total. The maximum absolute atomic E-state index is 12.0. The van der Waals surface area contributed by atoms with Crippen molar-refractivity contribution in [2.75, 3.05) is 11.1 Å². The highest BCUT2D eigenvalue weighted by atomic mass is 79.9. The first-order chi connectivity index (χ1) is 12.1. The number of hydrogen-bond acceptors (Lipinski definition) is 5. The van der Waals surface area contributed by atoms with E-state index < -0.39 is 0 Å². The molecule has 7 heteroatoms. The van der Waals surface area contributed by atoms with Gasteiger partial charge < -0.3 is 9.73 Å². The van der Waals surface area contributed by atoms with Crippen LogP contribution in [-0.2, 0) is 11.2 Å². The molecular weight excluding hydrogens is 402 g/mol. The zero-order chi connectivity index (χ0) is 17.6. The number of thioether (sulfide) groups is 1. The van der Waals surface area contributed by atoms with Crippen molar-refractivity contribution in [1.29, 1.82) is 0 Å². The molecule has 0 saturated carbocycles. The van der Waals surface area contributed by atoms with Gasteiger partial charge in [-0.15, -0.1) is 10.2 Å². The van der Waals surface area contributed by atoms with Crippen molar-refractivity contribution in [2.45, 2.75) is 18.6 Å². The second-order valence-corrected chi connectivity index (χ2v) is 7.26. The van der Waals surface area contributed by atoms with Gasteiger partial charge >= 0.3 is 0 Å². The molecule has 0 unspecified atom stereocenters. The second kappa shape index (κ2) is 8.31. The van der Waals surface area contributed by atoms with E-state index in [2.05, 4.69) is 31.4 Å². The van der Waals surface area contributed by atoms with Gasteiger partial charge in [-0.25, -0.2) is 0 Å². The molecule has 0 fully saturated rings. The third-order valence-corrected chi connectivity index (χ3v) is 4.81. The maximum Gasteiger partial charge on any atom is 0.277 e. The van der Waals surface area contributed by atoms with Gasteiger partial charge in [0.25, 0.3) is 5.22 Å². The second-order valence-electron chi connectivity index (χ2n) is 5.42. The lowest BCUT2D eigenvalue weighted by Crippen LogP contribution is -2.14. The van der Waals surface area contributed by atoms with Gasteiger partial charge in [-0.1, -0.05) is 58.0 Å². The minimum Gasteiger partial charge on any atom is -0.416 e. The van der Waals surface area contributed by atoms with Crippen LogP contribution in [0.3, 0.4) is 0 Å². The number of rotatable bonds is 6. The van der Waals surface area contributed by atoms with Crippen molar-refractivity contribution in [3.63, 3.8) is 0 Å². The summed E-state index contributed by atoms with van der Waals surface area (Å²) in [7, 11) is 0. The molecule has 0 bridgehead atoms. The fraction of sp³-hybridized carbons (Fsp3) is 0.167. The summed E-state index contributed by atoms with van der Waals surface area (Å²) in [6.45, 7) is 1.95. The summed E-state index contributed by atoms with van der Waals surface area (Å²) in [6, 6.07) is 15.6. The van der Waals surface area contributed by atoms with E-state index in [-0.39, 0.29) is 11.7 Å². The van der Waals surface area contributed by atoms with Gasteiger partial charge in [0.15, 0.2) is 0 Å². The maximum atomic E-state index is 12.0. The first-order valence-electron chi connectivity index (χ1n) is 7.65. The molecule has 0 aliphatic rings. The molecule has 0 spiro atoms. The van der Waals surface area contributed by atoms with Crippen LogP contribution < -0.4 is 5.32 Å². The molecule has 0 saturated heterocycles. The van der Waals surface area contributed by atoms with Crippen LogP contribution in [0.15, 0.2) is 62.6 Å². The Morgan fingerprint density at radius 3 is 2.68 bits per heavy atom. The summed E-state index contributed by atoms with van der Waals surface area (Å²) in [4.78, 5) is 12.0. The van der Waals surface area contributed by atoms with Gasteiger partial charge in [-0.3, -0.25) is 4.79 Å². The van der Waals surface area contributed by atoms with Crippen molar-refractivity contribution in [3.05, 3.63) is 70.0 Å². The molecule has 1 heterocycles. The highest BCUT2D eigenvalue weighted by Crippen LogP contribution is 2.20. The van der Waals surface area contributed by atoms with E-state index in [1.807, 2.05) is 55.5 Å². The molecule has 1 N–H and O–H groups in total. The van der Waals surface area contributed by atoms with Crippen LogP contribution in [0.5, 0.6) is 0 Å². The topological polar surface area (TPSA) is 68.0 Å². The summed E-state index contributed by atoms with van der Waals surface area (Å²) in [5, 5.41) is 11.3. The van der Waals surface area contributed by atoms with Gasteiger partial charge in [-0.05, 0) is 36.2 Å². The lowest BCUT2D eigenvalue weighted by atomic mass is 10.2. The van der Waals surface area contributed by atoms with Crippen molar-refractivity contribution >= 4 is 39.3 Å². The Hall–Kier alpha value is -2.12. The Labute approximate surface area is 158 Å². The highest BCUT2D eigenvalue weighted by Gasteiger charge is 2.11. The lowest BCUT2D eigenvalue weighted by Gasteiger charge is -2.06. The smallest absolute Gasteiger partial charge is 0.277 e. The van der Waals surface area contributed by atoms with Crippen LogP contribution in [0.25, 0.3) is 0 Å². The van der Waals surface area contributed by atoms with Crippen LogP contribution in [-0.4, -0.2) is 21.9 Å². The molecule has 1 aromatic heterocycles. The molecule has 25 heavy (non-hydrogen) atoms. The normalized spacial score (nSPS) is 10.6. The Balaban J connectivity index is 1.52. The lowest BCUT2D eigenvalue weighted by molar-refractivity contribution is -0.113. The molecule has 3 aromatic rings. The number of hydrogen-bond donors (Lipinski definition) is 1. The van der Waals surface area contributed by atoms with Crippen LogP contribution in [0, 0.1) is 6.92 Å². The largest absolute Gasteiger partial charge is 0.416 e. The van der Waals surface area contributed by atoms with Crippen LogP contribution in [0.4, 0.5) is 5.69 Å². The minimum atomic E-state index is -0.105. The summed E-state index contributed by atoms with van der Waals surface area (Å²) in [5.41, 5.74) is 2.92. The molecule has 0 atom stereocenters. The van der Waals surface area contributed by atoms with E-state index in [0.717, 1.165) is 21.3 Å². The zero-order valence-electron chi connectivity index (χ0n) is 13.5. The predicted octanol–water partition coefficient (Wildman–Crippen LogP) is 4.46. The Bertz CT molecular complexity index is 865. The number of carbonyl (C=O) groups is 1. The van der Waals surface area contributed by atoms with Gasteiger partial charge in [-0.2, -0.15) is 0 Å². The first kappa shape index (κ1) is 17.7. The number of carbonyl (C=O) groups excluding carboxylic acids is 1. The minimum absolute atomic E-state index is 0.105. The zero-order valence-corrected chi connectivity index (χ0v) is 15.9. The number of halogens is 1. The summed E-state index contributed by atoms with van der Waals surface area (Å²) in [6.07, 6.45) is 0.566. The molecule has 0 aliphatic heterocycles. The number of nitrogens with one attached hydrogen (secondary N) is 1. The van der Waals surface area contributed by atoms with Gasteiger partial charge in [0.1, 0.15) is 0 Å². The number of nitrogens with zero attached hydrogens (tertiary/aromatic N) is 2. The third-order valence-electron chi connectivity index (χ3n) is 3.46. The molecule has 1 amide bonds. The Morgan fingerprint density at radius 1 is 1.16 bits per heavy atom. The molecule has 0 radical (unpaired) electrons. The highest BCUT2D eigenvalue weighted by molar-refractivity contribution is 9.10. The standard InChI is InChI=1S/C18H16BrN3O2S/c1-12-4-2-3-5-15(12)20-16(23)11-25-18-22-21-17(24-18)10-13-6-8-14(19)9-7-13/h2-9H,10-11H2,1H3,(H,20,23). The van der Waals surface area contributed by atoms with E-state index in [0.29, 0.717) is 17.5 Å². The van der Waals surface area contributed by atoms with Gasteiger partial charge in [0.05, 0.1) is 12.2 Å². The molecule has 128 valence electrons. The van der Waals surface area contributed by atoms with Crippen LogP contribution in [0.1, 0.15) is 17.0 Å². The average molecular weight is 418 g/mol. The van der Waals surface area contributed by atoms with E-state index in [1.54, 1.807) is 0 Å². The summed E-state index contributed by atoms with van der Waals surface area (Å²) in [5.74, 6) is 0.643. The molecule has 3 rings (SSSR count). The van der Waals surface area contributed by atoms with E-state index in [4.69, 9.17) is 4.42 Å². The van der Waals surface area contributed by atoms with Crippen LogP contribution >= 0.6 is 27.7 Å². The fourth-order valence-electron chi connectivity index (χ4n) is 2.17. The van der Waals surface area contributed by atoms with Crippen molar-refractivity contribution in [3.8, 4) is 0 Å². The Morgan fingerprint density at radius 2 is 1.92 bits per heavy atom. The monoisotopic (exact) mass is 417 g/mol. The number of aromatic nitrogens is 2. The fourth-order valence-corrected chi connectivity index (χ4v) is 3.02. The molecule has 0 aliphatic carbocycles. The van der Waals surface area contributed by atoms with Crippen LogP contribution in [0.2, 0.25) is 0 Å². The summed E-state index contributed by atoms with van der Waals surface area (Å²) < 4.78 is 6.62. The van der Waals surface area contributed by atoms with E-state index >= 15 is 0 Å². The number of aryl methyl sites for hydroxylation is 1. The summed E-state index contributed by atoms with van der Waals surface area (Å²) >= 11 is 4.63. The third kappa shape index (κ3) is 5.17. The predicted molar refractivity (Wildman–Crippen MR) is 102 cm³/mol. The molecular formula is C18H16BrN3O2S. The first-order valence-corrected chi connectivity index (χ1v) is 9.43. The van der Waals surface area contributed by atoms with E-state index in [1.165, 1.54) is 11.8 Å². The quantitative estimate of drug-likeness (QED) is 0.599. The number of para-hydroxylation sites is 1. The number of amides is 1. The van der Waals surface area contributed by atoms with Gasteiger partial charge in [0.2, 0.25) is 11.8 Å². The van der Waals surface area contributed by atoms with Gasteiger partial charge in [0, 0.05) is 10.2 Å². The Kier molecular flexibility index (Phi) is 5.88. The van der Waals surface area contributed by atoms with Crippen molar-refractivity contribution in [1.82, 2.24) is 10.2 Å². The van der Waals surface area contributed by atoms with Crippen molar-refractivity contribution < 1.29 is 9.21 Å². The van der Waals surface area contributed by atoms with Crippen molar-refractivity contribution in [2.24, 2.45) is 0 Å². The molecule has 2 aromatic carbocycles. The SMILES string of the molecule is Cc1ccccc1NC(=O)CSc1nnc(Cc2ccc(Br)cc2)o1. The average Bonchev–Trinajstić information content (AvgIpc) is 3.05. The van der Waals surface area contributed by atoms with E-state index in [9.17, 15) is 4.79 Å². The number of anilines is 1.